The zero-order valence-corrected chi connectivity index (χ0v) is 23.1. The molecule has 1 fully saturated rings. The summed E-state index contributed by atoms with van der Waals surface area (Å²) in [6, 6.07) is 16.4. The van der Waals surface area contributed by atoms with Crippen LogP contribution in [-0.4, -0.2) is 48.9 Å². The Balaban J connectivity index is 1.44. The smallest absolute Gasteiger partial charge is 0.220 e. The number of aryl methyl sites for hydroxylation is 1. The molecule has 0 unspecified atom stereocenters. The van der Waals surface area contributed by atoms with E-state index in [9.17, 15) is 9.59 Å². The van der Waals surface area contributed by atoms with E-state index in [4.69, 9.17) is 4.74 Å². The lowest BCUT2D eigenvalue weighted by Gasteiger charge is -2.30. The number of benzene rings is 2. The van der Waals surface area contributed by atoms with Gasteiger partial charge < -0.3 is 15.0 Å². The van der Waals surface area contributed by atoms with Crippen LogP contribution >= 0.6 is 0 Å². The standard InChI is InChI=1S/C32H46N2O3/c1-4-11-26-14-16-27(17-15-26)25(3)30(24-34-22-9-10-23-34)33-32(36)13-8-6-7-12-31(35)28-18-20-29(21-19-28)37-5-2/h14-21,25,30H,4-13,22-24H2,1-3H3,(H,33,36)/t25-,30-/m1/s1. The van der Waals surface area contributed by atoms with Crippen LogP contribution in [-0.2, 0) is 11.2 Å². The van der Waals surface area contributed by atoms with Crippen molar-refractivity contribution in [1.82, 2.24) is 10.2 Å². The fraction of sp³-hybridized carbons (Fsp3) is 0.562. The molecule has 1 aliphatic rings. The average Bonchev–Trinajstić information content (AvgIpc) is 3.42. The van der Waals surface area contributed by atoms with Crippen molar-refractivity contribution in [2.45, 2.75) is 90.5 Å². The Kier molecular flexibility index (Phi) is 12.2. The van der Waals surface area contributed by atoms with Crippen LogP contribution in [0, 0.1) is 0 Å². The Bertz CT molecular complexity index is 949. The molecule has 0 aromatic heterocycles. The molecule has 1 amide bonds. The van der Waals surface area contributed by atoms with E-state index in [0.717, 1.165) is 63.1 Å². The molecule has 0 saturated carbocycles. The van der Waals surface area contributed by atoms with Crippen molar-refractivity contribution in [3.63, 3.8) is 0 Å². The highest BCUT2D eigenvalue weighted by Gasteiger charge is 2.25. The van der Waals surface area contributed by atoms with Crippen LogP contribution in [0.1, 0.15) is 99.5 Å². The summed E-state index contributed by atoms with van der Waals surface area (Å²) >= 11 is 0. The van der Waals surface area contributed by atoms with Gasteiger partial charge in [-0.15, -0.1) is 0 Å². The third kappa shape index (κ3) is 9.62. The summed E-state index contributed by atoms with van der Waals surface area (Å²) in [6.45, 7) is 10.2. The normalized spacial score (nSPS) is 15.3. The van der Waals surface area contributed by atoms with Crippen LogP contribution in [0.5, 0.6) is 5.75 Å². The van der Waals surface area contributed by atoms with Gasteiger partial charge in [-0.3, -0.25) is 9.59 Å². The van der Waals surface area contributed by atoms with Crippen molar-refractivity contribution in [2.24, 2.45) is 0 Å². The van der Waals surface area contributed by atoms with E-state index in [2.05, 4.69) is 48.3 Å². The highest BCUT2D eigenvalue weighted by Crippen LogP contribution is 2.23. The lowest BCUT2D eigenvalue weighted by atomic mass is 9.91. The van der Waals surface area contributed by atoms with Crippen LogP contribution in [0.2, 0.25) is 0 Å². The number of carbonyl (C=O) groups is 2. The molecule has 202 valence electrons. The van der Waals surface area contributed by atoms with E-state index in [1.165, 1.54) is 24.0 Å². The van der Waals surface area contributed by atoms with Gasteiger partial charge in [0.05, 0.1) is 6.61 Å². The summed E-state index contributed by atoms with van der Waals surface area (Å²) in [7, 11) is 0. The van der Waals surface area contributed by atoms with Gasteiger partial charge >= 0.3 is 0 Å². The van der Waals surface area contributed by atoms with Gasteiger partial charge in [-0.2, -0.15) is 0 Å². The Morgan fingerprint density at radius 3 is 2.24 bits per heavy atom. The maximum absolute atomic E-state index is 12.9. The minimum absolute atomic E-state index is 0.101. The number of nitrogens with one attached hydrogen (secondary N) is 1. The molecule has 5 nitrogen and oxygen atoms in total. The first-order chi connectivity index (χ1) is 18.0. The molecule has 2 aromatic rings. The number of amides is 1. The van der Waals surface area contributed by atoms with Crippen molar-refractivity contribution < 1.29 is 14.3 Å². The number of nitrogens with zero attached hydrogens (tertiary/aromatic N) is 1. The minimum Gasteiger partial charge on any atom is -0.494 e. The second-order valence-electron chi connectivity index (χ2n) is 10.4. The van der Waals surface area contributed by atoms with Crippen LogP contribution < -0.4 is 10.1 Å². The van der Waals surface area contributed by atoms with Gasteiger partial charge in [0.2, 0.25) is 5.91 Å². The highest BCUT2D eigenvalue weighted by molar-refractivity contribution is 5.96. The zero-order valence-electron chi connectivity index (χ0n) is 23.1. The summed E-state index contributed by atoms with van der Waals surface area (Å²) in [5.41, 5.74) is 3.39. The average molecular weight is 507 g/mol. The maximum Gasteiger partial charge on any atom is 0.220 e. The predicted molar refractivity (Wildman–Crippen MR) is 151 cm³/mol. The number of hydrogen-bond acceptors (Lipinski definition) is 4. The Morgan fingerprint density at radius 2 is 1.59 bits per heavy atom. The summed E-state index contributed by atoms with van der Waals surface area (Å²) in [5.74, 6) is 1.32. The van der Waals surface area contributed by atoms with Gasteiger partial charge in [0.15, 0.2) is 5.78 Å². The van der Waals surface area contributed by atoms with E-state index < -0.39 is 0 Å². The third-order valence-corrected chi connectivity index (χ3v) is 7.44. The fourth-order valence-electron chi connectivity index (χ4n) is 5.16. The van der Waals surface area contributed by atoms with Crippen molar-refractivity contribution >= 4 is 11.7 Å². The Morgan fingerprint density at radius 1 is 0.919 bits per heavy atom. The van der Waals surface area contributed by atoms with Crippen LogP contribution in [0.4, 0.5) is 0 Å². The number of ether oxygens (including phenoxy) is 1. The second kappa shape index (κ2) is 15.6. The van der Waals surface area contributed by atoms with Crippen molar-refractivity contribution in [3.8, 4) is 5.75 Å². The van der Waals surface area contributed by atoms with E-state index in [1.54, 1.807) is 0 Å². The quantitative estimate of drug-likeness (QED) is 0.207. The molecule has 0 radical (unpaired) electrons. The van der Waals surface area contributed by atoms with Gasteiger partial charge in [0.1, 0.15) is 5.75 Å². The molecule has 1 heterocycles. The molecule has 5 heteroatoms. The van der Waals surface area contributed by atoms with Crippen LogP contribution in [0.15, 0.2) is 48.5 Å². The zero-order chi connectivity index (χ0) is 26.5. The molecule has 1 N–H and O–H groups in total. The summed E-state index contributed by atoms with van der Waals surface area (Å²) < 4.78 is 5.44. The molecule has 37 heavy (non-hydrogen) atoms. The SMILES string of the molecule is CCCc1ccc([C@@H](C)[C@@H](CN2CCCC2)NC(=O)CCCCCC(=O)c2ccc(OCC)cc2)cc1. The highest BCUT2D eigenvalue weighted by atomic mass is 16.5. The topological polar surface area (TPSA) is 58.6 Å². The molecule has 0 spiro atoms. The summed E-state index contributed by atoms with van der Waals surface area (Å²) in [6.07, 6.45) is 8.25. The number of unbranched alkanes of at least 4 members (excludes halogenated alkanes) is 2. The van der Waals surface area contributed by atoms with Gasteiger partial charge in [0, 0.05) is 36.9 Å². The second-order valence-corrected chi connectivity index (χ2v) is 10.4. The van der Waals surface area contributed by atoms with Gasteiger partial charge in [-0.05, 0) is 87.5 Å². The monoisotopic (exact) mass is 506 g/mol. The van der Waals surface area contributed by atoms with E-state index in [-0.39, 0.29) is 23.7 Å². The van der Waals surface area contributed by atoms with Crippen molar-refractivity contribution in [1.29, 1.82) is 0 Å². The van der Waals surface area contributed by atoms with Crippen molar-refractivity contribution in [3.05, 3.63) is 65.2 Å². The predicted octanol–water partition coefficient (Wildman–Crippen LogP) is 6.56. The molecule has 2 atom stereocenters. The van der Waals surface area contributed by atoms with E-state index in [1.807, 2.05) is 31.2 Å². The largest absolute Gasteiger partial charge is 0.494 e. The molecule has 3 rings (SSSR count). The molecule has 1 saturated heterocycles. The number of likely N-dealkylation sites (tertiary alicyclic amines) is 1. The lowest BCUT2D eigenvalue weighted by Crippen LogP contribution is -2.46. The molecule has 1 aliphatic heterocycles. The lowest BCUT2D eigenvalue weighted by molar-refractivity contribution is -0.122. The Hall–Kier alpha value is -2.66. The molecule has 0 bridgehead atoms. The molecular weight excluding hydrogens is 460 g/mol. The van der Waals surface area contributed by atoms with E-state index >= 15 is 0 Å². The Labute approximate surface area is 224 Å². The third-order valence-electron chi connectivity index (χ3n) is 7.44. The molecule has 2 aromatic carbocycles. The first kappa shape index (κ1) is 28.9. The molecule has 0 aliphatic carbocycles. The number of carbonyl (C=O) groups excluding carboxylic acids is 2. The van der Waals surface area contributed by atoms with E-state index in [0.29, 0.717) is 19.4 Å². The number of rotatable bonds is 16. The number of ketones is 1. The molecular formula is C32H46N2O3. The van der Waals surface area contributed by atoms with Crippen molar-refractivity contribution in [2.75, 3.05) is 26.2 Å². The van der Waals surface area contributed by atoms with Crippen LogP contribution in [0.3, 0.4) is 0 Å². The number of hydrogen-bond donors (Lipinski definition) is 1. The number of Topliss-reactive ketones (excluding diaryl/α,β-unsaturated/α-hetero) is 1. The summed E-state index contributed by atoms with van der Waals surface area (Å²) in [5, 5.41) is 3.36. The fourth-order valence-corrected chi connectivity index (χ4v) is 5.16. The first-order valence-corrected chi connectivity index (χ1v) is 14.4. The van der Waals surface area contributed by atoms with Gasteiger partial charge in [-0.1, -0.05) is 51.0 Å². The van der Waals surface area contributed by atoms with Gasteiger partial charge in [-0.25, -0.2) is 0 Å². The first-order valence-electron chi connectivity index (χ1n) is 14.4. The van der Waals surface area contributed by atoms with Crippen LogP contribution in [0.25, 0.3) is 0 Å². The van der Waals surface area contributed by atoms with Gasteiger partial charge in [0.25, 0.3) is 0 Å². The maximum atomic E-state index is 12.9. The summed E-state index contributed by atoms with van der Waals surface area (Å²) in [4.78, 5) is 27.8. The minimum atomic E-state index is 0.101.